The highest BCUT2D eigenvalue weighted by Gasteiger charge is 2.23. The Balaban J connectivity index is 2.19. The third-order valence-corrected chi connectivity index (χ3v) is 3.04. The van der Waals surface area contributed by atoms with Crippen LogP contribution in [0.25, 0.3) is 0 Å². The maximum Gasteiger partial charge on any atom is 0.225 e. The van der Waals surface area contributed by atoms with Gasteiger partial charge >= 0.3 is 0 Å². The molecule has 1 saturated carbocycles. The first-order valence-electron chi connectivity index (χ1n) is 5.04. The van der Waals surface area contributed by atoms with Gasteiger partial charge in [0.25, 0.3) is 0 Å². The molecule has 2 rings (SSSR count). The first-order valence-corrected chi connectivity index (χ1v) is 5.45. The summed E-state index contributed by atoms with van der Waals surface area (Å²) >= 11 is 4.89. The van der Waals surface area contributed by atoms with Crippen LogP contribution in [0.15, 0.2) is 12.3 Å². The summed E-state index contributed by atoms with van der Waals surface area (Å²) in [6.07, 6.45) is 5.43. The highest BCUT2D eigenvalue weighted by atomic mass is 32.1. The second-order valence-electron chi connectivity index (χ2n) is 3.80. The van der Waals surface area contributed by atoms with E-state index in [4.69, 9.17) is 18.0 Å². The second kappa shape index (κ2) is 4.10. The van der Waals surface area contributed by atoms with Crippen LogP contribution in [0.4, 0.5) is 5.95 Å². The van der Waals surface area contributed by atoms with Gasteiger partial charge in [-0.3, -0.25) is 0 Å². The summed E-state index contributed by atoms with van der Waals surface area (Å²) in [5.41, 5.74) is 6.17. The van der Waals surface area contributed by atoms with E-state index < -0.39 is 0 Å². The number of aromatic nitrogens is 2. The topological polar surface area (TPSA) is 55.0 Å². The third kappa shape index (κ3) is 2.07. The van der Waals surface area contributed by atoms with Crippen molar-refractivity contribution < 1.29 is 0 Å². The lowest BCUT2D eigenvalue weighted by Crippen LogP contribution is -2.38. The predicted molar refractivity (Wildman–Crippen MR) is 64.0 cm³/mol. The maximum absolute atomic E-state index is 5.53. The Morgan fingerprint density at radius 1 is 1.60 bits per heavy atom. The van der Waals surface area contributed by atoms with Crippen LogP contribution in [0, 0.1) is 0 Å². The molecule has 1 aliphatic rings. The molecule has 1 aromatic rings. The van der Waals surface area contributed by atoms with Crippen molar-refractivity contribution >= 4 is 23.2 Å². The van der Waals surface area contributed by atoms with Crippen molar-refractivity contribution in [3.8, 4) is 0 Å². The molecular formula is C10H14N4S. The number of rotatable bonds is 3. The van der Waals surface area contributed by atoms with E-state index in [-0.39, 0.29) is 0 Å². The highest BCUT2D eigenvalue weighted by molar-refractivity contribution is 7.80. The summed E-state index contributed by atoms with van der Waals surface area (Å²) in [6.45, 7) is 0. The zero-order valence-electron chi connectivity index (χ0n) is 8.68. The molecule has 0 saturated heterocycles. The second-order valence-corrected chi connectivity index (χ2v) is 4.24. The van der Waals surface area contributed by atoms with Gasteiger partial charge in [0, 0.05) is 19.3 Å². The van der Waals surface area contributed by atoms with Crippen molar-refractivity contribution in [2.75, 3.05) is 11.9 Å². The molecule has 80 valence electrons. The molecule has 1 aliphatic carbocycles. The van der Waals surface area contributed by atoms with Gasteiger partial charge in [-0.15, -0.1) is 0 Å². The largest absolute Gasteiger partial charge is 0.388 e. The first-order chi connectivity index (χ1) is 7.18. The average molecular weight is 222 g/mol. The summed E-state index contributed by atoms with van der Waals surface area (Å²) in [4.78, 5) is 11.0. The standard InChI is InChI=1S/C10H14N4S/c1-14(7-3-2-4-7)10-12-6-5-8(13-10)9(11)15/h5-7H,2-4H2,1H3,(H2,11,15). The lowest BCUT2D eigenvalue weighted by atomic mass is 9.92. The van der Waals surface area contributed by atoms with Crippen molar-refractivity contribution in [3.63, 3.8) is 0 Å². The van der Waals surface area contributed by atoms with Crippen LogP contribution in [0.2, 0.25) is 0 Å². The Bertz CT molecular complexity index is 375. The van der Waals surface area contributed by atoms with Crippen molar-refractivity contribution in [1.29, 1.82) is 0 Å². The Morgan fingerprint density at radius 2 is 2.33 bits per heavy atom. The molecule has 0 aromatic carbocycles. The number of thiocarbonyl (C=S) groups is 1. The van der Waals surface area contributed by atoms with E-state index in [1.165, 1.54) is 19.3 Å². The maximum atomic E-state index is 5.53. The summed E-state index contributed by atoms with van der Waals surface area (Å²) in [6, 6.07) is 2.31. The Hall–Kier alpha value is -1.23. The van der Waals surface area contributed by atoms with Crippen LogP contribution < -0.4 is 10.6 Å². The number of hydrogen-bond donors (Lipinski definition) is 1. The average Bonchev–Trinajstić information content (AvgIpc) is 2.15. The van der Waals surface area contributed by atoms with E-state index >= 15 is 0 Å². The van der Waals surface area contributed by atoms with Crippen molar-refractivity contribution in [2.24, 2.45) is 5.73 Å². The zero-order chi connectivity index (χ0) is 10.8. The molecule has 15 heavy (non-hydrogen) atoms. The van der Waals surface area contributed by atoms with Gasteiger partial charge < -0.3 is 10.6 Å². The minimum atomic E-state index is 0.320. The van der Waals surface area contributed by atoms with Crippen molar-refractivity contribution in [1.82, 2.24) is 9.97 Å². The first kappa shape index (κ1) is 10.3. The molecule has 4 nitrogen and oxygen atoms in total. The molecule has 0 bridgehead atoms. The molecule has 2 N–H and O–H groups in total. The van der Waals surface area contributed by atoms with Crippen LogP contribution in [0.1, 0.15) is 25.0 Å². The van der Waals surface area contributed by atoms with E-state index in [1.807, 2.05) is 7.05 Å². The number of anilines is 1. The van der Waals surface area contributed by atoms with Crippen LogP contribution in [-0.2, 0) is 0 Å². The summed E-state index contributed by atoms with van der Waals surface area (Å²) < 4.78 is 0. The smallest absolute Gasteiger partial charge is 0.225 e. The van der Waals surface area contributed by atoms with Gasteiger partial charge in [0.1, 0.15) is 10.7 Å². The lowest BCUT2D eigenvalue weighted by Gasteiger charge is -2.34. The molecule has 0 atom stereocenters. The quantitative estimate of drug-likeness (QED) is 0.776. The molecule has 1 aromatic heterocycles. The van der Waals surface area contributed by atoms with E-state index in [1.54, 1.807) is 12.3 Å². The summed E-state index contributed by atoms with van der Waals surface area (Å²) in [5.74, 6) is 0.713. The van der Waals surface area contributed by atoms with E-state index in [0.717, 1.165) is 0 Å². The zero-order valence-corrected chi connectivity index (χ0v) is 9.50. The number of nitrogens with two attached hydrogens (primary N) is 1. The fourth-order valence-corrected chi connectivity index (χ4v) is 1.71. The molecule has 0 radical (unpaired) electrons. The number of hydrogen-bond acceptors (Lipinski definition) is 4. The van der Waals surface area contributed by atoms with Crippen LogP contribution in [-0.4, -0.2) is 28.0 Å². The minimum Gasteiger partial charge on any atom is -0.388 e. The third-order valence-electron chi connectivity index (χ3n) is 2.83. The predicted octanol–water partition coefficient (Wildman–Crippen LogP) is 1.10. The van der Waals surface area contributed by atoms with Gasteiger partial charge in [0.15, 0.2) is 0 Å². The Morgan fingerprint density at radius 3 is 2.87 bits per heavy atom. The SMILES string of the molecule is CN(c1nccc(C(N)=S)n1)C1CCC1. The monoisotopic (exact) mass is 222 g/mol. The lowest BCUT2D eigenvalue weighted by molar-refractivity contribution is 0.397. The van der Waals surface area contributed by atoms with E-state index in [0.29, 0.717) is 22.7 Å². The van der Waals surface area contributed by atoms with Gasteiger partial charge in [-0.2, -0.15) is 0 Å². The summed E-state index contributed by atoms with van der Waals surface area (Å²) in [5, 5.41) is 0. The fraction of sp³-hybridized carbons (Fsp3) is 0.500. The fourth-order valence-electron chi connectivity index (χ4n) is 1.59. The van der Waals surface area contributed by atoms with Crippen molar-refractivity contribution in [3.05, 3.63) is 18.0 Å². The molecule has 1 fully saturated rings. The molecule has 0 unspecified atom stereocenters. The van der Waals surface area contributed by atoms with E-state index in [2.05, 4.69) is 14.9 Å². The Labute approximate surface area is 94.5 Å². The summed E-state index contributed by atoms with van der Waals surface area (Å²) in [7, 11) is 2.02. The van der Waals surface area contributed by atoms with Gasteiger partial charge in [-0.25, -0.2) is 9.97 Å². The molecule has 5 heteroatoms. The van der Waals surface area contributed by atoms with Gasteiger partial charge in [-0.05, 0) is 25.3 Å². The van der Waals surface area contributed by atoms with E-state index in [9.17, 15) is 0 Å². The van der Waals surface area contributed by atoms with Crippen LogP contribution >= 0.6 is 12.2 Å². The highest BCUT2D eigenvalue weighted by Crippen LogP contribution is 2.25. The minimum absolute atomic E-state index is 0.320. The van der Waals surface area contributed by atoms with Gasteiger partial charge in [-0.1, -0.05) is 12.2 Å². The normalized spacial score (nSPS) is 15.8. The molecule has 0 amide bonds. The molecule has 0 spiro atoms. The Kier molecular flexibility index (Phi) is 2.81. The van der Waals surface area contributed by atoms with Gasteiger partial charge in [0.2, 0.25) is 5.95 Å². The van der Waals surface area contributed by atoms with Crippen molar-refractivity contribution in [2.45, 2.75) is 25.3 Å². The van der Waals surface area contributed by atoms with Gasteiger partial charge in [0.05, 0.1) is 0 Å². The van der Waals surface area contributed by atoms with Crippen LogP contribution in [0.5, 0.6) is 0 Å². The molecule has 0 aliphatic heterocycles. The molecular weight excluding hydrogens is 208 g/mol. The van der Waals surface area contributed by atoms with Crippen LogP contribution in [0.3, 0.4) is 0 Å². The number of nitrogens with zero attached hydrogens (tertiary/aromatic N) is 3. The molecule has 1 heterocycles.